The van der Waals surface area contributed by atoms with Crippen LogP contribution in [-0.4, -0.2) is 24.8 Å². The van der Waals surface area contributed by atoms with E-state index in [1.165, 1.54) is 11.8 Å². The van der Waals surface area contributed by atoms with E-state index in [2.05, 4.69) is 10.1 Å². The Morgan fingerprint density at radius 2 is 2.00 bits per heavy atom. The topological polar surface area (TPSA) is 88.2 Å². The molecule has 1 rings (SSSR count). The first-order valence-electron chi connectivity index (χ1n) is 5.38. The lowest BCUT2D eigenvalue weighted by atomic mass is 10.3. The van der Waals surface area contributed by atoms with Crippen molar-refractivity contribution in [2.45, 2.75) is 18.7 Å². The first-order valence-corrected chi connectivity index (χ1v) is 6.60. The van der Waals surface area contributed by atoms with E-state index in [0.717, 1.165) is 5.69 Å². The molecule has 0 aliphatic heterocycles. The molecule has 0 unspecified atom stereocenters. The highest BCUT2D eigenvalue weighted by molar-refractivity contribution is 7.98. The average Bonchev–Trinajstić information content (AvgIpc) is 2.30. The Morgan fingerprint density at radius 1 is 1.44 bits per heavy atom. The summed E-state index contributed by atoms with van der Waals surface area (Å²) in [6.07, 6.45) is 2.02. The zero-order valence-corrected chi connectivity index (χ0v) is 11.6. The van der Waals surface area contributed by atoms with E-state index in [1.807, 2.05) is 30.5 Å². The van der Waals surface area contributed by atoms with Gasteiger partial charge in [-0.2, -0.15) is 0 Å². The summed E-state index contributed by atoms with van der Waals surface area (Å²) in [5.74, 6) is -0.246. The molecule has 0 radical (unpaired) electrons. The highest BCUT2D eigenvalue weighted by Gasteiger charge is 1.92. The fourth-order valence-corrected chi connectivity index (χ4v) is 1.44. The van der Waals surface area contributed by atoms with Crippen LogP contribution in [-0.2, 0) is 9.53 Å². The molecule has 0 aromatic heterocycles. The fourth-order valence-electron chi connectivity index (χ4n) is 1.03. The molecule has 0 fully saturated rings. The quantitative estimate of drug-likeness (QED) is 0.339. The molecule has 0 aliphatic carbocycles. The summed E-state index contributed by atoms with van der Waals surface area (Å²) in [6, 6.07) is 7.76. The highest BCUT2D eigenvalue weighted by Crippen LogP contribution is 2.16. The molecule has 0 bridgehead atoms. The minimum Gasteiger partial charge on any atom is -0.466 e. The summed E-state index contributed by atoms with van der Waals surface area (Å²) < 4.78 is 4.40. The largest absolute Gasteiger partial charge is 0.466 e. The Labute approximate surface area is 112 Å². The van der Waals surface area contributed by atoms with E-state index in [-0.39, 0.29) is 11.9 Å². The number of ether oxygens (including phenoxy) is 1. The van der Waals surface area contributed by atoms with Crippen LogP contribution in [0.4, 0.5) is 5.69 Å². The first kappa shape index (κ1) is 16.3. The number of thioether (sulfide) groups is 1. The molecule has 5 nitrogen and oxygen atoms in total. The summed E-state index contributed by atoms with van der Waals surface area (Å²) in [7, 11) is 0. The van der Waals surface area contributed by atoms with Gasteiger partial charge in [0.2, 0.25) is 0 Å². The maximum absolute atomic E-state index is 9.82. The number of anilines is 1. The molecule has 0 saturated heterocycles. The molecule has 0 heterocycles. The predicted molar refractivity (Wildman–Crippen MR) is 76.1 cm³/mol. The number of guanidine groups is 1. The highest BCUT2D eigenvalue weighted by atomic mass is 32.2. The van der Waals surface area contributed by atoms with Gasteiger partial charge < -0.3 is 15.8 Å². The minimum atomic E-state index is -0.211. The summed E-state index contributed by atoms with van der Waals surface area (Å²) in [5.41, 5.74) is 6.01. The first-order chi connectivity index (χ1) is 8.49. The third-order valence-electron chi connectivity index (χ3n) is 1.72. The van der Waals surface area contributed by atoms with Crippen LogP contribution in [0.15, 0.2) is 29.2 Å². The number of hydrogen-bond donors (Lipinski definition) is 3. The monoisotopic (exact) mass is 269 g/mol. The van der Waals surface area contributed by atoms with Gasteiger partial charge in [0, 0.05) is 17.5 Å². The maximum atomic E-state index is 9.82. The summed E-state index contributed by atoms with van der Waals surface area (Å²) in [6.45, 7) is 3.65. The zero-order chi connectivity index (χ0) is 14.0. The smallest absolute Gasteiger partial charge is 0.302 e. The van der Waals surface area contributed by atoms with Crippen molar-refractivity contribution >= 4 is 29.4 Å². The van der Waals surface area contributed by atoms with Gasteiger partial charge >= 0.3 is 5.97 Å². The number of hydrogen-bond acceptors (Lipinski definition) is 4. The molecular weight excluding hydrogens is 250 g/mol. The van der Waals surface area contributed by atoms with Gasteiger partial charge in [-0.15, -0.1) is 11.8 Å². The number of rotatable bonds is 3. The Bertz CT molecular complexity index is 379. The van der Waals surface area contributed by atoms with Crippen LogP contribution in [0.1, 0.15) is 13.8 Å². The predicted octanol–water partition coefficient (Wildman–Crippen LogP) is 2.28. The molecule has 4 N–H and O–H groups in total. The lowest BCUT2D eigenvalue weighted by Gasteiger charge is -2.03. The van der Waals surface area contributed by atoms with Crippen molar-refractivity contribution in [2.75, 3.05) is 18.2 Å². The molecular formula is C12H19N3O2S. The molecule has 0 amide bonds. The van der Waals surface area contributed by atoms with Crippen LogP contribution in [0.25, 0.3) is 0 Å². The zero-order valence-electron chi connectivity index (χ0n) is 10.8. The SMILES string of the molecule is CCOC(C)=O.CSc1ccc(NC(=N)N)cc1. The lowest BCUT2D eigenvalue weighted by Crippen LogP contribution is -2.20. The molecule has 100 valence electrons. The van der Waals surface area contributed by atoms with Crippen LogP contribution in [0.3, 0.4) is 0 Å². The van der Waals surface area contributed by atoms with Crippen LogP contribution in [0.2, 0.25) is 0 Å². The third kappa shape index (κ3) is 8.46. The Balaban J connectivity index is 0.000000411. The standard InChI is InChI=1S/C8H11N3S.C4H8O2/c1-12-7-4-2-6(3-5-7)11-8(9)10;1-3-6-4(2)5/h2-5H,1H3,(H4,9,10,11);3H2,1-2H3. The number of esters is 1. The Morgan fingerprint density at radius 3 is 2.28 bits per heavy atom. The van der Waals surface area contributed by atoms with Crippen molar-refractivity contribution in [1.82, 2.24) is 0 Å². The van der Waals surface area contributed by atoms with Crippen molar-refractivity contribution in [1.29, 1.82) is 5.41 Å². The van der Waals surface area contributed by atoms with Crippen LogP contribution in [0.5, 0.6) is 0 Å². The molecule has 6 heteroatoms. The second-order valence-corrected chi connectivity index (χ2v) is 4.07. The van der Waals surface area contributed by atoms with Crippen LogP contribution < -0.4 is 11.1 Å². The van der Waals surface area contributed by atoms with Gasteiger partial charge in [0.05, 0.1) is 6.61 Å². The maximum Gasteiger partial charge on any atom is 0.302 e. The van der Waals surface area contributed by atoms with E-state index in [0.29, 0.717) is 6.61 Å². The van der Waals surface area contributed by atoms with Gasteiger partial charge in [-0.25, -0.2) is 0 Å². The van der Waals surface area contributed by atoms with E-state index in [4.69, 9.17) is 11.1 Å². The number of carbonyl (C=O) groups excluding carboxylic acids is 1. The van der Waals surface area contributed by atoms with Gasteiger partial charge in [-0.1, -0.05) is 0 Å². The van der Waals surface area contributed by atoms with Gasteiger partial charge in [0.15, 0.2) is 5.96 Å². The van der Waals surface area contributed by atoms with Gasteiger partial charge in [0.25, 0.3) is 0 Å². The Hall–Kier alpha value is -1.69. The fraction of sp³-hybridized carbons (Fsp3) is 0.333. The second kappa shape index (κ2) is 9.35. The molecule has 0 atom stereocenters. The van der Waals surface area contributed by atoms with Gasteiger partial charge in [-0.05, 0) is 37.4 Å². The Kier molecular flexibility index (Phi) is 8.47. The average molecular weight is 269 g/mol. The van der Waals surface area contributed by atoms with Gasteiger partial charge in [-0.3, -0.25) is 10.2 Å². The van der Waals surface area contributed by atoms with Crippen molar-refractivity contribution < 1.29 is 9.53 Å². The van der Waals surface area contributed by atoms with Gasteiger partial charge in [0.1, 0.15) is 0 Å². The minimum absolute atomic E-state index is 0.0353. The summed E-state index contributed by atoms with van der Waals surface area (Å²) >= 11 is 1.68. The van der Waals surface area contributed by atoms with Crippen molar-refractivity contribution in [3.63, 3.8) is 0 Å². The third-order valence-corrected chi connectivity index (χ3v) is 2.46. The van der Waals surface area contributed by atoms with Crippen molar-refractivity contribution in [2.24, 2.45) is 5.73 Å². The molecule has 1 aromatic carbocycles. The van der Waals surface area contributed by atoms with E-state index < -0.39 is 0 Å². The normalized spacial score (nSPS) is 8.83. The number of nitrogens with one attached hydrogen (secondary N) is 2. The second-order valence-electron chi connectivity index (χ2n) is 3.19. The van der Waals surface area contributed by atoms with E-state index in [1.54, 1.807) is 18.7 Å². The van der Waals surface area contributed by atoms with Crippen molar-refractivity contribution in [3.05, 3.63) is 24.3 Å². The molecule has 1 aromatic rings. The molecule has 0 aliphatic rings. The van der Waals surface area contributed by atoms with E-state index >= 15 is 0 Å². The molecule has 18 heavy (non-hydrogen) atoms. The van der Waals surface area contributed by atoms with E-state index in [9.17, 15) is 4.79 Å². The van der Waals surface area contributed by atoms with Crippen LogP contribution in [0, 0.1) is 5.41 Å². The molecule has 0 spiro atoms. The summed E-state index contributed by atoms with van der Waals surface area (Å²) in [4.78, 5) is 11.0. The van der Waals surface area contributed by atoms with Crippen LogP contribution >= 0.6 is 11.8 Å². The summed E-state index contributed by atoms with van der Waals surface area (Å²) in [5, 5.41) is 9.70. The number of carbonyl (C=O) groups is 1. The van der Waals surface area contributed by atoms with Crippen molar-refractivity contribution in [3.8, 4) is 0 Å². The number of benzene rings is 1. The number of nitrogens with two attached hydrogens (primary N) is 1. The lowest BCUT2D eigenvalue weighted by molar-refractivity contribution is -0.140. The molecule has 0 saturated carbocycles.